The molecular weight excluding hydrogens is 313 g/mol. The zero-order valence-electron chi connectivity index (χ0n) is 12.2. The van der Waals surface area contributed by atoms with E-state index in [1.165, 1.54) is 6.20 Å². The fraction of sp³-hybridized carbons (Fsp3) is 0.615. The number of halogens is 2. The molecule has 1 aliphatic heterocycles. The summed E-state index contributed by atoms with van der Waals surface area (Å²) in [7, 11) is 0. The van der Waals surface area contributed by atoms with Crippen LogP contribution in [0.15, 0.2) is 12.4 Å². The highest BCUT2D eigenvalue weighted by atomic mass is 35.5. The second-order valence-corrected chi connectivity index (χ2v) is 4.74. The highest BCUT2D eigenvalue weighted by molar-refractivity contribution is 5.91. The molecule has 0 aliphatic carbocycles. The third kappa shape index (κ3) is 7.04. The van der Waals surface area contributed by atoms with E-state index >= 15 is 0 Å². The SMILES string of the molecule is Cc1cnc(C(=O)NCCCN2CCNCC2)cn1.Cl.Cl. The molecule has 0 radical (unpaired) electrons. The molecule has 1 fully saturated rings. The number of hydrogen-bond acceptors (Lipinski definition) is 5. The number of piperazine rings is 1. The second kappa shape index (κ2) is 10.7. The van der Waals surface area contributed by atoms with Crippen molar-refractivity contribution >= 4 is 30.7 Å². The van der Waals surface area contributed by atoms with Crippen LogP contribution in [0.4, 0.5) is 0 Å². The summed E-state index contributed by atoms with van der Waals surface area (Å²) in [6, 6.07) is 0. The molecule has 0 saturated carbocycles. The second-order valence-electron chi connectivity index (χ2n) is 4.74. The van der Waals surface area contributed by atoms with Crippen molar-refractivity contribution in [2.45, 2.75) is 13.3 Å². The van der Waals surface area contributed by atoms with Gasteiger partial charge in [-0.3, -0.25) is 9.78 Å². The van der Waals surface area contributed by atoms with Gasteiger partial charge in [-0.2, -0.15) is 0 Å². The highest BCUT2D eigenvalue weighted by Crippen LogP contribution is 1.96. The molecule has 120 valence electrons. The lowest BCUT2D eigenvalue weighted by atomic mass is 10.3. The van der Waals surface area contributed by atoms with Crippen LogP contribution in [0.1, 0.15) is 22.6 Å². The molecule has 21 heavy (non-hydrogen) atoms. The minimum atomic E-state index is -0.146. The van der Waals surface area contributed by atoms with Crippen molar-refractivity contribution in [2.24, 2.45) is 0 Å². The summed E-state index contributed by atoms with van der Waals surface area (Å²) in [4.78, 5) is 22.3. The van der Waals surface area contributed by atoms with Crippen molar-refractivity contribution in [1.82, 2.24) is 25.5 Å². The van der Waals surface area contributed by atoms with Gasteiger partial charge in [0.25, 0.3) is 5.91 Å². The van der Waals surface area contributed by atoms with Crippen molar-refractivity contribution in [3.63, 3.8) is 0 Å². The zero-order valence-corrected chi connectivity index (χ0v) is 13.8. The van der Waals surface area contributed by atoms with E-state index in [9.17, 15) is 4.79 Å². The Morgan fingerprint density at radius 2 is 2.00 bits per heavy atom. The van der Waals surface area contributed by atoms with Crippen LogP contribution in [0.2, 0.25) is 0 Å². The van der Waals surface area contributed by atoms with E-state index in [1.54, 1.807) is 6.20 Å². The number of carbonyl (C=O) groups excluding carboxylic acids is 1. The van der Waals surface area contributed by atoms with Crippen molar-refractivity contribution < 1.29 is 4.79 Å². The molecule has 8 heteroatoms. The van der Waals surface area contributed by atoms with E-state index in [4.69, 9.17) is 0 Å². The minimum absolute atomic E-state index is 0. The number of rotatable bonds is 5. The monoisotopic (exact) mass is 335 g/mol. The predicted molar refractivity (Wildman–Crippen MR) is 87.5 cm³/mol. The average Bonchev–Trinajstić information content (AvgIpc) is 2.45. The van der Waals surface area contributed by atoms with Crippen LogP contribution in [0.3, 0.4) is 0 Å². The third-order valence-corrected chi connectivity index (χ3v) is 3.16. The van der Waals surface area contributed by atoms with Crippen molar-refractivity contribution in [1.29, 1.82) is 0 Å². The average molecular weight is 336 g/mol. The van der Waals surface area contributed by atoms with Crippen LogP contribution in [-0.4, -0.2) is 60.0 Å². The van der Waals surface area contributed by atoms with E-state index in [0.29, 0.717) is 12.2 Å². The molecule has 1 amide bonds. The van der Waals surface area contributed by atoms with Crippen LogP contribution in [-0.2, 0) is 0 Å². The van der Waals surface area contributed by atoms with Gasteiger partial charge in [-0.1, -0.05) is 0 Å². The normalized spacial score (nSPS) is 14.7. The molecule has 1 saturated heterocycles. The Morgan fingerprint density at radius 1 is 1.29 bits per heavy atom. The highest BCUT2D eigenvalue weighted by Gasteiger charge is 2.09. The first-order valence-electron chi connectivity index (χ1n) is 6.75. The third-order valence-electron chi connectivity index (χ3n) is 3.16. The number of hydrogen-bond donors (Lipinski definition) is 2. The van der Waals surface area contributed by atoms with Gasteiger partial charge >= 0.3 is 0 Å². The van der Waals surface area contributed by atoms with Crippen LogP contribution in [0.25, 0.3) is 0 Å². The van der Waals surface area contributed by atoms with Gasteiger partial charge in [0, 0.05) is 38.9 Å². The molecular formula is C13H23Cl2N5O. The molecule has 2 rings (SSSR count). The van der Waals surface area contributed by atoms with Gasteiger partial charge in [0.2, 0.25) is 0 Å². The Hall–Kier alpha value is -0.950. The number of aromatic nitrogens is 2. The summed E-state index contributed by atoms with van der Waals surface area (Å²) in [6.45, 7) is 7.87. The first-order valence-corrected chi connectivity index (χ1v) is 6.75. The number of carbonyl (C=O) groups is 1. The largest absolute Gasteiger partial charge is 0.351 e. The smallest absolute Gasteiger partial charge is 0.271 e. The van der Waals surface area contributed by atoms with E-state index in [1.807, 2.05) is 6.92 Å². The van der Waals surface area contributed by atoms with E-state index in [-0.39, 0.29) is 30.7 Å². The fourth-order valence-electron chi connectivity index (χ4n) is 2.04. The summed E-state index contributed by atoms with van der Waals surface area (Å²) in [5.41, 5.74) is 1.20. The van der Waals surface area contributed by atoms with Gasteiger partial charge in [0.1, 0.15) is 5.69 Å². The van der Waals surface area contributed by atoms with Crippen LogP contribution >= 0.6 is 24.8 Å². The Balaban J connectivity index is 0.00000200. The zero-order chi connectivity index (χ0) is 13.5. The Labute approximate surface area is 137 Å². The van der Waals surface area contributed by atoms with Gasteiger partial charge < -0.3 is 15.5 Å². The maximum Gasteiger partial charge on any atom is 0.271 e. The van der Waals surface area contributed by atoms with Gasteiger partial charge in [-0.25, -0.2) is 4.98 Å². The maximum absolute atomic E-state index is 11.8. The topological polar surface area (TPSA) is 70.2 Å². The summed E-state index contributed by atoms with van der Waals surface area (Å²) in [5.74, 6) is -0.146. The van der Waals surface area contributed by atoms with Gasteiger partial charge in [-0.05, 0) is 19.9 Å². The molecule has 2 heterocycles. The summed E-state index contributed by atoms with van der Waals surface area (Å²) in [6.07, 6.45) is 4.08. The van der Waals surface area contributed by atoms with E-state index < -0.39 is 0 Å². The Bertz CT molecular complexity index is 410. The Kier molecular flexibility index (Phi) is 10.2. The van der Waals surface area contributed by atoms with Gasteiger partial charge in [0.15, 0.2) is 0 Å². The first kappa shape index (κ1) is 20.1. The van der Waals surface area contributed by atoms with Crippen molar-refractivity contribution in [2.75, 3.05) is 39.3 Å². The Morgan fingerprint density at radius 3 is 2.62 bits per heavy atom. The summed E-state index contributed by atoms with van der Waals surface area (Å²) >= 11 is 0. The molecule has 0 atom stereocenters. The lowest BCUT2D eigenvalue weighted by Crippen LogP contribution is -2.44. The first-order chi connectivity index (χ1) is 9.25. The maximum atomic E-state index is 11.8. The molecule has 0 bridgehead atoms. The standard InChI is InChI=1S/C13H21N5O.2ClH/c1-11-9-17-12(10-16-11)13(19)15-3-2-6-18-7-4-14-5-8-18;;/h9-10,14H,2-8H2,1H3,(H,15,19);2*1H. The van der Waals surface area contributed by atoms with Gasteiger partial charge in [0.05, 0.1) is 11.9 Å². The fourth-order valence-corrected chi connectivity index (χ4v) is 2.04. The molecule has 0 unspecified atom stereocenters. The summed E-state index contributed by atoms with van der Waals surface area (Å²) in [5, 5.41) is 6.20. The van der Waals surface area contributed by atoms with Gasteiger partial charge in [-0.15, -0.1) is 24.8 Å². The number of amides is 1. The molecule has 1 aliphatic rings. The lowest BCUT2D eigenvalue weighted by Gasteiger charge is -2.27. The number of aryl methyl sites for hydroxylation is 1. The van der Waals surface area contributed by atoms with E-state index in [2.05, 4.69) is 25.5 Å². The quantitative estimate of drug-likeness (QED) is 0.773. The molecule has 0 spiro atoms. The summed E-state index contributed by atoms with van der Waals surface area (Å²) < 4.78 is 0. The van der Waals surface area contributed by atoms with E-state index in [0.717, 1.165) is 44.8 Å². The number of nitrogens with zero attached hydrogens (tertiary/aromatic N) is 3. The van der Waals surface area contributed by atoms with Crippen molar-refractivity contribution in [3.05, 3.63) is 23.8 Å². The molecule has 1 aromatic heterocycles. The molecule has 1 aromatic rings. The minimum Gasteiger partial charge on any atom is -0.351 e. The molecule has 6 nitrogen and oxygen atoms in total. The van der Waals surface area contributed by atoms with Crippen LogP contribution in [0.5, 0.6) is 0 Å². The van der Waals surface area contributed by atoms with Crippen LogP contribution in [0, 0.1) is 6.92 Å². The lowest BCUT2D eigenvalue weighted by molar-refractivity contribution is 0.0946. The predicted octanol–water partition coefficient (Wildman–Crippen LogP) is 0.654. The number of nitrogens with one attached hydrogen (secondary N) is 2. The van der Waals surface area contributed by atoms with Crippen LogP contribution < -0.4 is 10.6 Å². The van der Waals surface area contributed by atoms with Crippen molar-refractivity contribution in [3.8, 4) is 0 Å². The molecule has 2 N–H and O–H groups in total. The molecule has 0 aromatic carbocycles.